The third-order valence-corrected chi connectivity index (χ3v) is 5.72. The van der Waals surface area contributed by atoms with Gasteiger partial charge in [-0.2, -0.15) is 0 Å². The van der Waals surface area contributed by atoms with Crippen molar-refractivity contribution in [1.82, 2.24) is 0 Å². The van der Waals surface area contributed by atoms with Gasteiger partial charge in [-0.1, -0.05) is 15.9 Å². The molecule has 18 heavy (non-hydrogen) atoms. The molecular formula is C15H22BrNO. The van der Waals surface area contributed by atoms with Crippen molar-refractivity contribution in [3.63, 3.8) is 0 Å². The Balaban J connectivity index is 2.74. The summed E-state index contributed by atoms with van der Waals surface area (Å²) in [5, 5.41) is 0. The topological polar surface area (TPSA) is 35.2 Å². The smallest absolute Gasteiger partial charge is 0.126 e. The summed E-state index contributed by atoms with van der Waals surface area (Å²) in [5.41, 5.74) is 11.4. The molecule has 0 aromatic heterocycles. The average Bonchev–Trinajstić information content (AvgIpc) is 3.12. The minimum absolute atomic E-state index is 0.121. The van der Waals surface area contributed by atoms with Gasteiger partial charge < -0.3 is 10.5 Å². The van der Waals surface area contributed by atoms with Gasteiger partial charge in [0.15, 0.2) is 0 Å². The lowest BCUT2D eigenvalue weighted by molar-refractivity contribution is 0.394. The van der Waals surface area contributed by atoms with Crippen LogP contribution < -0.4 is 10.5 Å². The first-order valence-electron chi connectivity index (χ1n) is 6.46. The maximum atomic E-state index is 6.22. The lowest BCUT2D eigenvalue weighted by Gasteiger charge is -2.27. The van der Waals surface area contributed by atoms with E-state index in [1.54, 1.807) is 7.11 Å². The van der Waals surface area contributed by atoms with E-state index in [0.717, 1.165) is 18.6 Å². The molecule has 0 bridgehead atoms. The zero-order valence-corrected chi connectivity index (χ0v) is 13.4. The SMILES string of the molecule is COc1c(C)c(C)c(Br)c(C)c1C1(C(C)N)CC1. The molecule has 2 rings (SSSR count). The van der Waals surface area contributed by atoms with Crippen LogP contribution in [0.5, 0.6) is 5.75 Å². The first kappa shape index (κ1) is 13.9. The molecule has 3 heteroatoms. The van der Waals surface area contributed by atoms with Gasteiger partial charge in [-0.25, -0.2) is 0 Å². The van der Waals surface area contributed by atoms with Gasteiger partial charge in [0.1, 0.15) is 5.75 Å². The van der Waals surface area contributed by atoms with Crippen LogP contribution in [0.1, 0.15) is 42.0 Å². The Morgan fingerprint density at radius 2 is 1.72 bits per heavy atom. The van der Waals surface area contributed by atoms with E-state index in [0.29, 0.717) is 0 Å². The molecule has 1 aliphatic rings. The molecule has 2 N–H and O–H groups in total. The molecule has 0 amide bonds. The first-order valence-corrected chi connectivity index (χ1v) is 7.25. The molecule has 1 aliphatic carbocycles. The second-order valence-corrected chi connectivity index (χ2v) is 6.34. The quantitative estimate of drug-likeness (QED) is 0.922. The summed E-state index contributed by atoms with van der Waals surface area (Å²) in [6.45, 7) is 8.52. The highest BCUT2D eigenvalue weighted by atomic mass is 79.9. The van der Waals surface area contributed by atoms with Gasteiger partial charge >= 0.3 is 0 Å². The molecule has 0 saturated heterocycles. The number of methoxy groups -OCH3 is 1. The van der Waals surface area contributed by atoms with Crippen LogP contribution in [0.25, 0.3) is 0 Å². The van der Waals surface area contributed by atoms with Crippen molar-refractivity contribution in [1.29, 1.82) is 0 Å². The third kappa shape index (κ3) is 1.79. The summed E-state index contributed by atoms with van der Waals surface area (Å²) in [7, 11) is 1.76. The van der Waals surface area contributed by atoms with Crippen molar-refractivity contribution in [2.45, 2.75) is 52.0 Å². The van der Waals surface area contributed by atoms with E-state index >= 15 is 0 Å². The summed E-state index contributed by atoms with van der Waals surface area (Å²) in [4.78, 5) is 0. The normalized spacial score (nSPS) is 18.6. The second kappa shape index (κ2) is 4.53. The largest absolute Gasteiger partial charge is 0.496 e. The van der Waals surface area contributed by atoms with E-state index in [4.69, 9.17) is 10.5 Å². The predicted molar refractivity (Wildman–Crippen MR) is 79.5 cm³/mol. The summed E-state index contributed by atoms with van der Waals surface area (Å²) >= 11 is 3.72. The van der Waals surface area contributed by atoms with Crippen LogP contribution in [0.15, 0.2) is 4.47 Å². The molecule has 1 fully saturated rings. The van der Waals surface area contributed by atoms with Gasteiger partial charge in [-0.3, -0.25) is 0 Å². The molecule has 2 nitrogen and oxygen atoms in total. The summed E-state index contributed by atoms with van der Waals surface area (Å²) in [6, 6.07) is 0.166. The minimum Gasteiger partial charge on any atom is -0.496 e. The Kier molecular flexibility index (Phi) is 3.50. The average molecular weight is 312 g/mol. The molecule has 1 unspecified atom stereocenters. The summed E-state index contributed by atoms with van der Waals surface area (Å²) in [5.74, 6) is 1.03. The number of rotatable bonds is 3. The molecule has 1 aromatic rings. The number of hydrogen-bond donors (Lipinski definition) is 1. The van der Waals surface area contributed by atoms with E-state index in [2.05, 4.69) is 43.6 Å². The van der Waals surface area contributed by atoms with Crippen LogP contribution in [0, 0.1) is 20.8 Å². The highest BCUT2D eigenvalue weighted by Gasteiger charge is 2.50. The number of ether oxygens (including phenoxy) is 1. The zero-order chi connectivity index (χ0) is 13.7. The highest BCUT2D eigenvalue weighted by molar-refractivity contribution is 9.10. The van der Waals surface area contributed by atoms with Crippen molar-refractivity contribution in [3.8, 4) is 5.75 Å². The molecule has 1 aromatic carbocycles. The Bertz CT molecular complexity index is 490. The van der Waals surface area contributed by atoms with Crippen molar-refractivity contribution in [3.05, 3.63) is 26.7 Å². The Morgan fingerprint density at radius 1 is 1.17 bits per heavy atom. The zero-order valence-electron chi connectivity index (χ0n) is 11.9. The molecule has 0 heterocycles. The van der Waals surface area contributed by atoms with Crippen LogP contribution in [0.3, 0.4) is 0 Å². The Hall–Kier alpha value is -0.540. The fraction of sp³-hybridized carbons (Fsp3) is 0.600. The predicted octanol–water partition coefficient (Wildman–Crippen LogP) is 3.76. The van der Waals surface area contributed by atoms with Gasteiger partial charge in [-0.15, -0.1) is 0 Å². The summed E-state index contributed by atoms with van der Waals surface area (Å²) in [6.07, 6.45) is 2.33. The fourth-order valence-electron chi connectivity index (χ4n) is 3.01. The van der Waals surface area contributed by atoms with Crippen molar-refractivity contribution in [2.75, 3.05) is 7.11 Å². The lowest BCUT2D eigenvalue weighted by atomic mass is 9.83. The molecule has 0 spiro atoms. The standard InChI is InChI=1S/C15H22BrNO/c1-8-9(2)14(18-5)12(10(3)13(8)16)15(6-7-15)11(4)17/h11H,6-7,17H2,1-5H3. The van der Waals surface area contributed by atoms with Crippen LogP contribution in [0.4, 0.5) is 0 Å². The van der Waals surface area contributed by atoms with Crippen molar-refractivity contribution >= 4 is 15.9 Å². The maximum absolute atomic E-state index is 6.22. The fourth-order valence-corrected chi connectivity index (χ4v) is 3.50. The van der Waals surface area contributed by atoms with Crippen LogP contribution >= 0.6 is 15.9 Å². The number of hydrogen-bond acceptors (Lipinski definition) is 2. The van der Waals surface area contributed by atoms with Crippen LogP contribution in [-0.2, 0) is 5.41 Å². The highest BCUT2D eigenvalue weighted by Crippen LogP contribution is 2.56. The molecule has 1 saturated carbocycles. The third-order valence-electron chi connectivity index (χ3n) is 4.53. The monoisotopic (exact) mass is 311 g/mol. The van der Waals surface area contributed by atoms with Crippen LogP contribution in [0.2, 0.25) is 0 Å². The van der Waals surface area contributed by atoms with Gasteiger partial charge in [0.2, 0.25) is 0 Å². The molecular weight excluding hydrogens is 290 g/mol. The number of halogens is 1. The number of benzene rings is 1. The van der Waals surface area contributed by atoms with Crippen molar-refractivity contribution < 1.29 is 4.74 Å². The molecule has 0 aliphatic heterocycles. The van der Waals surface area contributed by atoms with Gasteiger partial charge in [0.25, 0.3) is 0 Å². The molecule has 100 valence electrons. The minimum atomic E-state index is 0.121. The Labute approximate surface area is 118 Å². The molecule has 0 radical (unpaired) electrons. The molecule has 1 atom stereocenters. The van der Waals surface area contributed by atoms with Gasteiger partial charge in [0, 0.05) is 21.5 Å². The van der Waals surface area contributed by atoms with E-state index in [1.807, 2.05) is 0 Å². The lowest BCUT2D eigenvalue weighted by Crippen LogP contribution is -2.33. The Morgan fingerprint density at radius 3 is 2.11 bits per heavy atom. The summed E-state index contributed by atoms with van der Waals surface area (Å²) < 4.78 is 6.89. The van der Waals surface area contributed by atoms with Crippen LogP contribution in [-0.4, -0.2) is 13.2 Å². The maximum Gasteiger partial charge on any atom is 0.126 e. The van der Waals surface area contributed by atoms with Crippen molar-refractivity contribution in [2.24, 2.45) is 5.73 Å². The van der Waals surface area contributed by atoms with E-state index < -0.39 is 0 Å². The van der Waals surface area contributed by atoms with E-state index in [-0.39, 0.29) is 11.5 Å². The van der Waals surface area contributed by atoms with Gasteiger partial charge in [0.05, 0.1) is 7.11 Å². The van der Waals surface area contributed by atoms with E-state index in [1.165, 1.54) is 26.7 Å². The number of nitrogens with two attached hydrogens (primary N) is 1. The second-order valence-electron chi connectivity index (χ2n) is 5.54. The first-order chi connectivity index (χ1) is 8.36. The van der Waals surface area contributed by atoms with Gasteiger partial charge in [-0.05, 0) is 57.2 Å². The van der Waals surface area contributed by atoms with E-state index in [9.17, 15) is 0 Å².